The molecule has 188 valence electrons. The Balaban J connectivity index is 2.18. The molecule has 1 unspecified atom stereocenters. The van der Waals surface area contributed by atoms with E-state index in [4.69, 9.17) is 25.8 Å². The molecule has 1 N–H and O–H groups in total. The summed E-state index contributed by atoms with van der Waals surface area (Å²) in [5, 5.41) is 11.5. The van der Waals surface area contributed by atoms with E-state index in [2.05, 4.69) is 0 Å². The molecule has 0 bridgehead atoms. The molecule has 1 atom stereocenters. The Hall–Kier alpha value is -3.23. The SMILES string of the molecule is CCCOc1cc(C2/C(=C(/O)c3ccc(OC)c(Cl)c3)C(=O)C(=O)N2CCN(C)C)ccc1OC. The number of rotatable bonds is 10. The predicted molar refractivity (Wildman–Crippen MR) is 134 cm³/mol. The summed E-state index contributed by atoms with van der Waals surface area (Å²) in [6.45, 7) is 3.30. The van der Waals surface area contributed by atoms with Gasteiger partial charge in [-0.3, -0.25) is 9.59 Å². The van der Waals surface area contributed by atoms with E-state index in [9.17, 15) is 14.7 Å². The van der Waals surface area contributed by atoms with Crippen LogP contribution in [-0.4, -0.2) is 74.6 Å². The number of carbonyl (C=O) groups is 2. The lowest BCUT2D eigenvalue weighted by atomic mass is 9.95. The average Bonchev–Trinajstić information content (AvgIpc) is 3.10. The van der Waals surface area contributed by atoms with Crippen LogP contribution in [0.15, 0.2) is 42.0 Å². The van der Waals surface area contributed by atoms with Gasteiger partial charge in [-0.05, 0) is 56.4 Å². The van der Waals surface area contributed by atoms with Gasteiger partial charge in [-0.1, -0.05) is 24.6 Å². The second kappa shape index (κ2) is 11.5. The summed E-state index contributed by atoms with van der Waals surface area (Å²) < 4.78 is 16.5. The number of methoxy groups -OCH3 is 2. The van der Waals surface area contributed by atoms with Crippen LogP contribution < -0.4 is 14.2 Å². The van der Waals surface area contributed by atoms with Gasteiger partial charge in [-0.15, -0.1) is 0 Å². The number of nitrogens with zero attached hydrogens (tertiary/aromatic N) is 2. The molecule has 35 heavy (non-hydrogen) atoms. The zero-order valence-electron chi connectivity index (χ0n) is 20.6. The van der Waals surface area contributed by atoms with Crippen LogP contribution in [0.3, 0.4) is 0 Å². The molecule has 1 amide bonds. The number of aliphatic hydroxyl groups excluding tert-OH is 1. The molecule has 8 nitrogen and oxygen atoms in total. The number of amides is 1. The molecule has 2 aromatic rings. The highest BCUT2D eigenvalue weighted by Gasteiger charge is 2.46. The molecular formula is C26H31ClN2O6. The maximum absolute atomic E-state index is 13.2. The fourth-order valence-electron chi connectivity index (χ4n) is 3.92. The van der Waals surface area contributed by atoms with Gasteiger partial charge in [0.2, 0.25) is 0 Å². The van der Waals surface area contributed by atoms with Crippen molar-refractivity contribution < 1.29 is 28.9 Å². The van der Waals surface area contributed by atoms with Gasteiger partial charge >= 0.3 is 0 Å². The highest BCUT2D eigenvalue weighted by Crippen LogP contribution is 2.42. The van der Waals surface area contributed by atoms with E-state index < -0.39 is 17.7 Å². The number of hydrogen-bond donors (Lipinski definition) is 1. The average molecular weight is 503 g/mol. The van der Waals surface area contributed by atoms with Crippen LogP contribution in [0.4, 0.5) is 0 Å². The molecule has 3 rings (SSSR count). The van der Waals surface area contributed by atoms with Gasteiger partial charge in [0.25, 0.3) is 11.7 Å². The molecule has 1 heterocycles. The third-order valence-electron chi connectivity index (χ3n) is 5.72. The molecule has 1 saturated heterocycles. The van der Waals surface area contributed by atoms with Crippen LogP contribution in [0.5, 0.6) is 17.2 Å². The molecule has 1 fully saturated rings. The molecule has 0 spiro atoms. The fourth-order valence-corrected chi connectivity index (χ4v) is 4.18. The van der Waals surface area contributed by atoms with Crippen LogP contribution in [0.1, 0.15) is 30.5 Å². The Morgan fingerprint density at radius 1 is 1.06 bits per heavy atom. The third-order valence-corrected chi connectivity index (χ3v) is 6.01. The molecule has 0 saturated carbocycles. The number of carbonyl (C=O) groups excluding carboxylic acids is 2. The zero-order chi connectivity index (χ0) is 25.7. The summed E-state index contributed by atoms with van der Waals surface area (Å²) in [4.78, 5) is 29.7. The first kappa shape index (κ1) is 26.4. The van der Waals surface area contributed by atoms with Crippen molar-refractivity contribution >= 4 is 29.1 Å². The van der Waals surface area contributed by atoms with Crippen molar-refractivity contribution in [3.63, 3.8) is 0 Å². The van der Waals surface area contributed by atoms with Crippen LogP contribution in [0, 0.1) is 0 Å². The molecule has 2 aromatic carbocycles. The smallest absolute Gasteiger partial charge is 0.295 e. The number of ether oxygens (including phenoxy) is 3. The van der Waals surface area contributed by atoms with Gasteiger partial charge < -0.3 is 29.1 Å². The van der Waals surface area contributed by atoms with Crippen molar-refractivity contribution in [1.29, 1.82) is 0 Å². The number of halogens is 1. The van der Waals surface area contributed by atoms with Crippen LogP contribution in [0.2, 0.25) is 5.02 Å². The van der Waals surface area contributed by atoms with Gasteiger partial charge in [0.15, 0.2) is 11.5 Å². The van der Waals surface area contributed by atoms with Crippen molar-refractivity contribution in [2.45, 2.75) is 19.4 Å². The Morgan fingerprint density at radius 2 is 1.74 bits per heavy atom. The second-order valence-corrected chi connectivity index (χ2v) is 8.81. The van der Waals surface area contributed by atoms with Crippen LogP contribution in [0.25, 0.3) is 5.76 Å². The number of aliphatic hydroxyl groups is 1. The van der Waals surface area contributed by atoms with E-state index >= 15 is 0 Å². The molecule has 9 heteroatoms. The minimum absolute atomic E-state index is 0.0124. The molecule has 0 radical (unpaired) electrons. The second-order valence-electron chi connectivity index (χ2n) is 8.40. The lowest BCUT2D eigenvalue weighted by Gasteiger charge is -2.27. The summed E-state index contributed by atoms with van der Waals surface area (Å²) in [6, 6.07) is 9.13. The van der Waals surface area contributed by atoms with E-state index in [0.717, 1.165) is 6.42 Å². The summed E-state index contributed by atoms with van der Waals surface area (Å²) in [6.07, 6.45) is 0.799. The molecule has 1 aliphatic rings. The standard InChI is InChI=1S/C26H31ClN2O6/c1-6-13-35-21-15-16(7-10-20(21)34-5)23-22(25(31)26(32)29(23)12-11-28(2)3)24(30)17-8-9-19(33-4)18(27)14-17/h7-10,14-15,23,30H,6,11-13H2,1-5H3/b24-22-. The zero-order valence-corrected chi connectivity index (χ0v) is 21.4. The number of likely N-dealkylation sites (tertiary alicyclic amines) is 1. The molecule has 0 aliphatic carbocycles. The van der Waals surface area contributed by atoms with Crippen LogP contribution in [-0.2, 0) is 9.59 Å². The van der Waals surface area contributed by atoms with Gasteiger partial charge in [0, 0.05) is 18.7 Å². The summed E-state index contributed by atoms with van der Waals surface area (Å²) in [5.41, 5.74) is 0.917. The Bertz CT molecular complexity index is 1130. The first-order valence-electron chi connectivity index (χ1n) is 11.3. The predicted octanol–water partition coefficient (Wildman–Crippen LogP) is 4.13. The Morgan fingerprint density at radius 3 is 2.34 bits per heavy atom. The maximum atomic E-state index is 13.2. The summed E-state index contributed by atoms with van der Waals surface area (Å²) >= 11 is 6.26. The van der Waals surface area contributed by atoms with Crippen molar-refractivity contribution in [2.24, 2.45) is 0 Å². The monoisotopic (exact) mass is 502 g/mol. The van der Waals surface area contributed by atoms with Crippen molar-refractivity contribution in [1.82, 2.24) is 9.80 Å². The minimum atomic E-state index is -0.814. The molecule has 1 aliphatic heterocycles. The van der Waals surface area contributed by atoms with Gasteiger partial charge in [-0.2, -0.15) is 0 Å². The van der Waals surface area contributed by atoms with Crippen molar-refractivity contribution in [3.05, 3.63) is 58.1 Å². The third kappa shape index (κ3) is 5.55. The Kier molecular flexibility index (Phi) is 8.64. The quantitative estimate of drug-likeness (QED) is 0.297. The first-order valence-corrected chi connectivity index (χ1v) is 11.7. The Labute approximate surface area is 210 Å². The highest BCUT2D eigenvalue weighted by atomic mass is 35.5. The normalized spacial score (nSPS) is 17.2. The summed E-state index contributed by atoms with van der Waals surface area (Å²) in [5.74, 6) is -0.280. The number of benzene rings is 2. The van der Waals surface area contributed by atoms with E-state index in [0.29, 0.717) is 48.1 Å². The van der Waals surface area contributed by atoms with Gasteiger partial charge in [0.1, 0.15) is 11.5 Å². The van der Waals surface area contributed by atoms with Crippen molar-refractivity contribution in [3.8, 4) is 17.2 Å². The summed E-state index contributed by atoms with van der Waals surface area (Å²) in [7, 11) is 6.80. The fraction of sp³-hybridized carbons (Fsp3) is 0.385. The van der Waals surface area contributed by atoms with Crippen LogP contribution >= 0.6 is 11.6 Å². The van der Waals surface area contributed by atoms with E-state index in [-0.39, 0.29) is 16.4 Å². The van der Waals surface area contributed by atoms with Gasteiger partial charge in [-0.25, -0.2) is 0 Å². The molecular weight excluding hydrogens is 472 g/mol. The van der Waals surface area contributed by atoms with Crippen molar-refractivity contribution in [2.75, 3.05) is 48.0 Å². The number of ketones is 1. The number of hydrogen-bond acceptors (Lipinski definition) is 7. The number of likely N-dealkylation sites (N-methyl/N-ethyl adjacent to an activating group) is 1. The van der Waals surface area contributed by atoms with E-state index in [1.54, 1.807) is 37.4 Å². The maximum Gasteiger partial charge on any atom is 0.295 e. The largest absolute Gasteiger partial charge is 0.507 e. The van der Waals surface area contributed by atoms with E-state index in [1.165, 1.54) is 18.1 Å². The van der Waals surface area contributed by atoms with Gasteiger partial charge in [0.05, 0.1) is 37.5 Å². The van der Waals surface area contributed by atoms with E-state index in [1.807, 2.05) is 25.9 Å². The minimum Gasteiger partial charge on any atom is -0.507 e. The number of Topliss-reactive ketones (excluding diaryl/α,β-unsaturated/α-hetero) is 1. The topological polar surface area (TPSA) is 88.5 Å². The molecule has 0 aromatic heterocycles. The first-order chi connectivity index (χ1) is 16.7. The lowest BCUT2D eigenvalue weighted by molar-refractivity contribution is -0.140. The highest BCUT2D eigenvalue weighted by molar-refractivity contribution is 6.46. The lowest BCUT2D eigenvalue weighted by Crippen LogP contribution is -2.35.